The molecule has 0 saturated heterocycles. The average molecular weight is 316 g/mol. The van der Waals surface area contributed by atoms with Crippen molar-refractivity contribution in [2.45, 2.75) is 0 Å². The van der Waals surface area contributed by atoms with E-state index in [-0.39, 0.29) is 5.75 Å². The Morgan fingerprint density at radius 2 is 1.63 bits per heavy atom. The van der Waals surface area contributed by atoms with E-state index >= 15 is 0 Å². The molecular formula is C13H9Cl3N2O. The van der Waals surface area contributed by atoms with Crippen LogP contribution in [0.15, 0.2) is 41.5 Å². The molecule has 0 atom stereocenters. The Bertz CT molecular complexity index is 633. The summed E-state index contributed by atoms with van der Waals surface area (Å²) in [6, 6.07) is 9.71. The van der Waals surface area contributed by atoms with Gasteiger partial charge < -0.3 is 10.9 Å². The smallest absolute Gasteiger partial charge is 0.125 e. The van der Waals surface area contributed by atoms with Gasteiger partial charge in [0.15, 0.2) is 0 Å². The summed E-state index contributed by atoms with van der Waals surface area (Å²) in [5.74, 6) is 5.44. The molecule has 6 heteroatoms. The molecule has 0 amide bonds. The molecule has 3 N–H and O–H groups in total. The molecule has 0 aliphatic carbocycles. The van der Waals surface area contributed by atoms with Crippen molar-refractivity contribution in [1.82, 2.24) is 0 Å². The normalized spacial score (nSPS) is 11.6. The van der Waals surface area contributed by atoms with Gasteiger partial charge in [-0.25, -0.2) is 0 Å². The van der Waals surface area contributed by atoms with Crippen LogP contribution in [-0.4, -0.2) is 10.8 Å². The van der Waals surface area contributed by atoms with Crippen LogP contribution < -0.4 is 5.84 Å². The maximum absolute atomic E-state index is 9.86. The Hall–Kier alpha value is -1.42. The third-order valence-electron chi connectivity index (χ3n) is 2.53. The molecule has 0 fully saturated rings. The van der Waals surface area contributed by atoms with Crippen LogP contribution in [0.4, 0.5) is 0 Å². The van der Waals surface area contributed by atoms with E-state index in [1.54, 1.807) is 18.2 Å². The van der Waals surface area contributed by atoms with Crippen LogP contribution in [0.25, 0.3) is 0 Å². The van der Waals surface area contributed by atoms with Crippen LogP contribution in [0.1, 0.15) is 11.1 Å². The van der Waals surface area contributed by atoms with Crippen molar-refractivity contribution >= 4 is 40.5 Å². The Morgan fingerprint density at radius 1 is 1.05 bits per heavy atom. The topological polar surface area (TPSA) is 58.6 Å². The largest absolute Gasteiger partial charge is 0.507 e. The van der Waals surface area contributed by atoms with E-state index in [0.29, 0.717) is 31.9 Å². The number of phenolic OH excluding ortho intramolecular Hbond substituents is 1. The van der Waals surface area contributed by atoms with Crippen molar-refractivity contribution in [3.8, 4) is 5.75 Å². The van der Waals surface area contributed by atoms with Crippen LogP contribution in [0.3, 0.4) is 0 Å². The van der Waals surface area contributed by atoms with E-state index in [4.69, 9.17) is 40.6 Å². The number of nitrogens with two attached hydrogens (primary N) is 1. The lowest BCUT2D eigenvalue weighted by Gasteiger charge is -2.11. The molecule has 2 aromatic carbocycles. The average Bonchev–Trinajstić information content (AvgIpc) is 2.34. The zero-order chi connectivity index (χ0) is 14.0. The van der Waals surface area contributed by atoms with E-state index < -0.39 is 0 Å². The summed E-state index contributed by atoms with van der Waals surface area (Å²) in [5.41, 5.74) is 1.16. The van der Waals surface area contributed by atoms with E-state index in [1.165, 1.54) is 18.2 Å². The lowest BCUT2D eigenvalue weighted by Crippen LogP contribution is -2.08. The summed E-state index contributed by atoms with van der Waals surface area (Å²) in [6.07, 6.45) is 0. The summed E-state index contributed by atoms with van der Waals surface area (Å²) in [7, 11) is 0. The van der Waals surface area contributed by atoms with Crippen LogP contribution in [0, 0.1) is 0 Å². The highest BCUT2D eigenvalue weighted by molar-refractivity contribution is 6.43. The second kappa shape index (κ2) is 5.70. The molecule has 0 aliphatic rings. The Kier molecular flexibility index (Phi) is 4.20. The summed E-state index contributed by atoms with van der Waals surface area (Å²) in [5, 5.41) is 14.6. The van der Waals surface area contributed by atoms with Crippen molar-refractivity contribution in [2.24, 2.45) is 10.9 Å². The summed E-state index contributed by atoms with van der Waals surface area (Å²) >= 11 is 18.1. The first kappa shape index (κ1) is 14.0. The summed E-state index contributed by atoms with van der Waals surface area (Å²) < 4.78 is 0. The highest BCUT2D eigenvalue weighted by Crippen LogP contribution is 2.32. The highest BCUT2D eigenvalue weighted by atomic mass is 35.5. The number of benzene rings is 2. The number of rotatable bonds is 2. The van der Waals surface area contributed by atoms with Crippen LogP contribution in [0.5, 0.6) is 5.75 Å². The minimum absolute atomic E-state index is 0.0359. The molecule has 0 aliphatic heterocycles. The van der Waals surface area contributed by atoms with Gasteiger partial charge in [-0.3, -0.25) is 0 Å². The fourth-order valence-electron chi connectivity index (χ4n) is 1.71. The Labute approximate surface area is 125 Å². The molecular weight excluding hydrogens is 307 g/mol. The SMILES string of the molecule is N/N=C(\c1ccccc1O)c1c(Cl)cc(Cl)cc1Cl. The van der Waals surface area contributed by atoms with Crippen molar-refractivity contribution in [3.05, 3.63) is 62.6 Å². The van der Waals surface area contributed by atoms with Crippen LogP contribution >= 0.6 is 34.8 Å². The number of aromatic hydroxyl groups is 1. The fraction of sp³-hybridized carbons (Fsp3) is 0. The zero-order valence-corrected chi connectivity index (χ0v) is 11.8. The van der Waals surface area contributed by atoms with Gasteiger partial charge in [0.25, 0.3) is 0 Å². The predicted molar refractivity (Wildman–Crippen MR) is 79.4 cm³/mol. The molecule has 0 unspecified atom stereocenters. The van der Waals surface area contributed by atoms with E-state index in [1.807, 2.05) is 0 Å². The maximum atomic E-state index is 9.86. The van der Waals surface area contributed by atoms with Crippen molar-refractivity contribution < 1.29 is 5.11 Å². The first-order chi connectivity index (χ1) is 9.04. The molecule has 2 aromatic rings. The van der Waals surface area contributed by atoms with E-state index in [2.05, 4.69) is 5.10 Å². The molecule has 19 heavy (non-hydrogen) atoms. The van der Waals surface area contributed by atoms with Crippen LogP contribution in [0.2, 0.25) is 15.1 Å². The molecule has 0 heterocycles. The third kappa shape index (κ3) is 2.78. The Morgan fingerprint density at radius 3 is 2.16 bits per heavy atom. The number of hydrogen-bond donors (Lipinski definition) is 2. The van der Waals surface area contributed by atoms with Gasteiger partial charge >= 0.3 is 0 Å². The second-order valence-electron chi connectivity index (χ2n) is 3.74. The number of nitrogens with zero attached hydrogens (tertiary/aromatic N) is 1. The quantitative estimate of drug-likeness (QED) is 0.499. The molecule has 0 radical (unpaired) electrons. The molecule has 0 saturated carbocycles. The van der Waals surface area contributed by atoms with Gasteiger partial charge in [-0.15, -0.1) is 0 Å². The number of hydrazone groups is 1. The number of phenols is 1. The first-order valence-corrected chi connectivity index (χ1v) is 6.39. The van der Waals surface area contributed by atoms with Crippen molar-refractivity contribution in [1.29, 1.82) is 0 Å². The number of halogens is 3. The predicted octanol–water partition coefficient (Wildman–Crippen LogP) is 4.06. The Balaban J connectivity index is 2.66. The van der Waals surface area contributed by atoms with Gasteiger partial charge in [-0.2, -0.15) is 5.10 Å². The lowest BCUT2D eigenvalue weighted by molar-refractivity contribution is 0.474. The minimum Gasteiger partial charge on any atom is -0.507 e. The molecule has 98 valence electrons. The molecule has 0 spiro atoms. The maximum Gasteiger partial charge on any atom is 0.125 e. The van der Waals surface area contributed by atoms with Crippen molar-refractivity contribution in [3.63, 3.8) is 0 Å². The molecule has 0 bridgehead atoms. The highest BCUT2D eigenvalue weighted by Gasteiger charge is 2.18. The minimum atomic E-state index is 0.0359. The van der Waals surface area contributed by atoms with Gasteiger partial charge in [0, 0.05) is 16.1 Å². The van der Waals surface area contributed by atoms with E-state index in [0.717, 1.165) is 0 Å². The number of para-hydroxylation sites is 1. The van der Waals surface area contributed by atoms with E-state index in [9.17, 15) is 5.11 Å². The molecule has 3 nitrogen and oxygen atoms in total. The number of hydrogen-bond acceptors (Lipinski definition) is 3. The van der Waals surface area contributed by atoms with Gasteiger partial charge in [-0.05, 0) is 24.3 Å². The van der Waals surface area contributed by atoms with Crippen molar-refractivity contribution in [2.75, 3.05) is 0 Å². The lowest BCUT2D eigenvalue weighted by atomic mass is 10.0. The summed E-state index contributed by atoms with van der Waals surface area (Å²) in [4.78, 5) is 0. The zero-order valence-electron chi connectivity index (χ0n) is 9.57. The first-order valence-electron chi connectivity index (χ1n) is 5.25. The van der Waals surface area contributed by atoms with Gasteiger partial charge in [0.05, 0.1) is 10.0 Å². The second-order valence-corrected chi connectivity index (χ2v) is 4.99. The van der Waals surface area contributed by atoms with Gasteiger partial charge in [0.2, 0.25) is 0 Å². The standard InChI is InChI=1S/C13H9Cl3N2O/c14-7-5-9(15)12(10(16)6-7)13(18-17)8-3-1-2-4-11(8)19/h1-6,19H,17H2/b18-13+. The van der Waals surface area contributed by atoms with Crippen LogP contribution in [-0.2, 0) is 0 Å². The monoisotopic (exact) mass is 314 g/mol. The summed E-state index contributed by atoms with van der Waals surface area (Å²) in [6.45, 7) is 0. The third-order valence-corrected chi connectivity index (χ3v) is 3.35. The molecule has 0 aromatic heterocycles. The molecule has 2 rings (SSSR count). The van der Waals surface area contributed by atoms with Gasteiger partial charge in [-0.1, -0.05) is 46.9 Å². The van der Waals surface area contributed by atoms with Gasteiger partial charge in [0.1, 0.15) is 11.5 Å². The fourth-order valence-corrected chi connectivity index (χ4v) is 2.71.